The van der Waals surface area contributed by atoms with Crippen LogP contribution in [0.4, 0.5) is 5.13 Å². The van der Waals surface area contributed by atoms with Crippen molar-refractivity contribution in [3.05, 3.63) is 94.7 Å². The Hall–Kier alpha value is -4.20. The van der Waals surface area contributed by atoms with Crippen molar-refractivity contribution in [1.82, 2.24) is 13.9 Å². The molecule has 0 saturated carbocycles. The molecule has 3 aromatic carbocycles. The van der Waals surface area contributed by atoms with Crippen LogP contribution < -0.4 is 19.5 Å². The van der Waals surface area contributed by atoms with E-state index in [1.807, 2.05) is 30.3 Å². The molecule has 0 unspecified atom stereocenters. The molecule has 2 heterocycles. The molecule has 2 aromatic heterocycles. The van der Waals surface area contributed by atoms with Crippen LogP contribution in [0.25, 0.3) is 11.1 Å². The largest absolute Gasteiger partial charge is 0.497 e. The first-order chi connectivity index (χ1) is 19.4. The fraction of sp³-hybridized carbons (Fsp3) is 0.222. The van der Waals surface area contributed by atoms with Gasteiger partial charge in [-0.15, -0.1) is 0 Å². The summed E-state index contributed by atoms with van der Waals surface area (Å²) in [5.41, 5.74) is 1.90. The molecule has 1 N–H and O–H groups in total. The number of rotatable bonds is 11. The summed E-state index contributed by atoms with van der Waals surface area (Å²) in [5, 5.41) is 9.85. The van der Waals surface area contributed by atoms with E-state index in [1.165, 1.54) is 43.3 Å². The number of benzene rings is 3. The second kappa shape index (κ2) is 11.5. The van der Waals surface area contributed by atoms with Crippen molar-refractivity contribution in [2.45, 2.75) is 23.9 Å². The van der Waals surface area contributed by atoms with Gasteiger partial charge in [0.15, 0.2) is 5.58 Å². The van der Waals surface area contributed by atoms with E-state index in [0.717, 1.165) is 21.4 Å². The van der Waals surface area contributed by atoms with Gasteiger partial charge in [0, 0.05) is 35.8 Å². The summed E-state index contributed by atoms with van der Waals surface area (Å²) in [5.74, 6) is 0.347. The summed E-state index contributed by atoms with van der Waals surface area (Å²) in [7, 11) is -1.18. The Kier molecular flexibility index (Phi) is 7.87. The maximum absolute atomic E-state index is 14.0. The summed E-state index contributed by atoms with van der Waals surface area (Å²) in [6.07, 6.45) is 1.55. The number of aromatic nitrogens is 3. The molecule has 5 aromatic rings. The van der Waals surface area contributed by atoms with E-state index >= 15 is 0 Å². The average molecular weight is 583 g/mol. The lowest BCUT2D eigenvalue weighted by atomic mass is 10.0. The molecule has 0 saturated heterocycles. The minimum Gasteiger partial charge on any atom is -0.497 e. The number of aliphatic hydroxyl groups excluding tert-OH is 1. The van der Waals surface area contributed by atoms with Crippen LogP contribution in [0.2, 0.25) is 0 Å². The number of sulfonamides is 1. The van der Waals surface area contributed by atoms with Crippen LogP contribution in [0.5, 0.6) is 11.5 Å². The van der Waals surface area contributed by atoms with Gasteiger partial charge in [0.25, 0.3) is 10.0 Å². The highest BCUT2D eigenvalue weighted by molar-refractivity contribution is 7.93. The summed E-state index contributed by atoms with van der Waals surface area (Å²) in [6.45, 7) is -0.253. The summed E-state index contributed by atoms with van der Waals surface area (Å²) < 4.78 is 50.8. The van der Waals surface area contributed by atoms with Crippen LogP contribution in [0.15, 0.2) is 87.2 Å². The van der Waals surface area contributed by atoms with Crippen LogP contribution in [0.1, 0.15) is 23.6 Å². The van der Waals surface area contributed by atoms with Gasteiger partial charge in [-0.3, -0.25) is 4.57 Å². The van der Waals surface area contributed by atoms with Crippen LogP contribution >= 0.6 is 11.5 Å². The number of anilines is 1. The number of ether oxygens (including phenoxy) is 2. The topological polar surface area (TPSA) is 137 Å². The van der Waals surface area contributed by atoms with Gasteiger partial charge >= 0.3 is 5.76 Å². The first-order valence-corrected chi connectivity index (χ1v) is 14.4. The standard InChI is InChI=1S/C27H26N4O7S2/c1-36-20-9-8-19(24(14-20)37-2)16-30(26-28-17-29-39-26)40(34,35)21-10-11-23-25(15-21)38-27(33)31(23)22(12-13-32)18-6-4-3-5-7-18/h3-11,14-15,17,22,32H,12-13,16H2,1-2H3/t22-/m1/s1. The minimum absolute atomic E-state index is 0.0954. The molecule has 0 fully saturated rings. The van der Waals surface area contributed by atoms with Gasteiger partial charge in [0.2, 0.25) is 5.13 Å². The summed E-state index contributed by atoms with van der Waals surface area (Å²) in [6, 6.07) is 18.1. The zero-order valence-corrected chi connectivity index (χ0v) is 23.3. The van der Waals surface area contributed by atoms with E-state index < -0.39 is 21.8 Å². The molecule has 11 nitrogen and oxygen atoms in total. The average Bonchev–Trinajstić information content (AvgIpc) is 3.62. The smallest absolute Gasteiger partial charge is 0.420 e. The molecule has 0 bridgehead atoms. The lowest BCUT2D eigenvalue weighted by Gasteiger charge is -2.22. The van der Waals surface area contributed by atoms with Crippen molar-refractivity contribution in [3.63, 3.8) is 0 Å². The third kappa shape index (κ3) is 5.18. The van der Waals surface area contributed by atoms with Crippen LogP contribution in [-0.2, 0) is 16.6 Å². The number of aliphatic hydroxyl groups is 1. The number of hydrogen-bond acceptors (Lipinski definition) is 10. The Morgan fingerprint density at radius 2 is 1.88 bits per heavy atom. The number of methoxy groups -OCH3 is 2. The SMILES string of the molecule is COc1ccc(CN(c2ncns2)S(=O)(=O)c2ccc3c(c2)oc(=O)n3[C@H](CCO)c2ccccc2)c(OC)c1. The number of fused-ring (bicyclic) bond motifs is 1. The predicted molar refractivity (Wildman–Crippen MR) is 150 cm³/mol. The molecular formula is C27H26N4O7S2. The highest BCUT2D eigenvalue weighted by Gasteiger charge is 2.30. The minimum atomic E-state index is -4.20. The second-order valence-electron chi connectivity index (χ2n) is 8.72. The Balaban J connectivity index is 1.57. The number of hydrogen-bond donors (Lipinski definition) is 1. The molecular weight excluding hydrogens is 556 g/mol. The number of nitrogens with zero attached hydrogens (tertiary/aromatic N) is 4. The molecule has 5 rings (SSSR count). The van der Waals surface area contributed by atoms with E-state index in [9.17, 15) is 18.3 Å². The Morgan fingerprint density at radius 1 is 1.07 bits per heavy atom. The first kappa shape index (κ1) is 27.4. The number of oxazole rings is 1. The van der Waals surface area contributed by atoms with Crippen molar-refractivity contribution in [3.8, 4) is 11.5 Å². The molecule has 0 aliphatic rings. The van der Waals surface area contributed by atoms with Crippen molar-refractivity contribution in [2.75, 3.05) is 25.1 Å². The molecule has 13 heteroatoms. The van der Waals surface area contributed by atoms with E-state index in [4.69, 9.17) is 13.9 Å². The maximum Gasteiger partial charge on any atom is 0.420 e. The molecule has 0 amide bonds. The third-order valence-electron chi connectivity index (χ3n) is 6.44. The van der Waals surface area contributed by atoms with Crippen LogP contribution in [0, 0.1) is 0 Å². The van der Waals surface area contributed by atoms with Gasteiger partial charge in [-0.25, -0.2) is 22.5 Å². The molecule has 0 aliphatic carbocycles. The molecule has 40 heavy (non-hydrogen) atoms. The van der Waals surface area contributed by atoms with Crippen molar-refractivity contribution < 1.29 is 27.4 Å². The Bertz CT molecular complexity index is 1770. The molecule has 1 atom stereocenters. The quantitative estimate of drug-likeness (QED) is 0.246. The molecule has 208 valence electrons. The fourth-order valence-electron chi connectivity index (χ4n) is 4.51. The summed E-state index contributed by atoms with van der Waals surface area (Å²) >= 11 is 0.929. The first-order valence-electron chi connectivity index (χ1n) is 12.2. The molecule has 0 spiro atoms. The van der Waals surface area contributed by atoms with Gasteiger partial charge < -0.3 is 19.0 Å². The van der Waals surface area contributed by atoms with E-state index in [2.05, 4.69) is 9.36 Å². The van der Waals surface area contributed by atoms with E-state index in [0.29, 0.717) is 22.6 Å². The third-order valence-corrected chi connectivity index (χ3v) is 8.98. The van der Waals surface area contributed by atoms with Crippen LogP contribution in [-0.4, -0.2) is 48.3 Å². The highest BCUT2D eigenvalue weighted by atomic mass is 32.2. The van der Waals surface area contributed by atoms with E-state index in [1.54, 1.807) is 18.2 Å². The normalized spacial score (nSPS) is 12.4. The Labute approximate surface area is 234 Å². The summed E-state index contributed by atoms with van der Waals surface area (Å²) in [4.78, 5) is 17.0. The monoisotopic (exact) mass is 582 g/mol. The van der Waals surface area contributed by atoms with E-state index in [-0.39, 0.29) is 35.2 Å². The van der Waals surface area contributed by atoms with Gasteiger partial charge in [-0.2, -0.15) is 4.37 Å². The van der Waals surface area contributed by atoms with Crippen molar-refractivity contribution in [1.29, 1.82) is 0 Å². The van der Waals surface area contributed by atoms with Crippen molar-refractivity contribution in [2.24, 2.45) is 0 Å². The predicted octanol–water partition coefficient (Wildman–Crippen LogP) is 3.83. The zero-order chi connectivity index (χ0) is 28.3. The lowest BCUT2D eigenvalue weighted by molar-refractivity contribution is 0.266. The van der Waals surface area contributed by atoms with Gasteiger partial charge in [0.05, 0.1) is 37.2 Å². The Morgan fingerprint density at radius 3 is 2.55 bits per heavy atom. The molecule has 0 aliphatic heterocycles. The zero-order valence-electron chi connectivity index (χ0n) is 21.6. The van der Waals surface area contributed by atoms with Gasteiger partial charge in [0.1, 0.15) is 17.8 Å². The van der Waals surface area contributed by atoms with Gasteiger partial charge in [-0.1, -0.05) is 30.3 Å². The second-order valence-corrected chi connectivity index (χ2v) is 11.3. The van der Waals surface area contributed by atoms with Crippen molar-refractivity contribution >= 4 is 37.8 Å². The maximum atomic E-state index is 14.0. The lowest BCUT2D eigenvalue weighted by Crippen LogP contribution is -2.30. The molecule has 0 radical (unpaired) electrons. The highest BCUT2D eigenvalue weighted by Crippen LogP contribution is 2.33. The fourth-order valence-corrected chi connectivity index (χ4v) is 6.66. The van der Waals surface area contributed by atoms with Crippen LogP contribution in [0.3, 0.4) is 0 Å². The van der Waals surface area contributed by atoms with Gasteiger partial charge in [-0.05, 0) is 36.2 Å².